The van der Waals surface area contributed by atoms with Gasteiger partial charge in [0.1, 0.15) is 0 Å². The van der Waals surface area contributed by atoms with Crippen molar-refractivity contribution in [2.75, 3.05) is 0 Å². The minimum atomic E-state index is -0.668. The fraction of sp³-hybridized carbons (Fsp3) is 0.312. The third-order valence-corrected chi connectivity index (χ3v) is 3.42. The van der Waals surface area contributed by atoms with E-state index in [1.54, 1.807) is 10.6 Å². The minimum absolute atomic E-state index is 0.0793. The van der Waals surface area contributed by atoms with Crippen molar-refractivity contribution in [1.29, 1.82) is 0 Å². The average molecular weight is 257 g/mol. The summed E-state index contributed by atoms with van der Waals surface area (Å²) in [6.07, 6.45) is -0.668. The van der Waals surface area contributed by atoms with E-state index in [1.165, 1.54) is 6.07 Å². The predicted octanol–water partition coefficient (Wildman–Crippen LogP) is 2.51. The summed E-state index contributed by atoms with van der Waals surface area (Å²) in [4.78, 5) is 11.8. The summed E-state index contributed by atoms with van der Waals surface area (Å²) in [7, 11) is 0. The number of rotatable bonds is 3. The second kappa shape index (κ2) is 5.41. The third kappa shape index (κ3) is 2.93. The molecule has 0 amide bonds. The quantitative estimate of drug-likeness (QED) is 0.918. The molecule has 0 saturated carbocycles. The molecule has 19 heavy (non-hydrogen) atoms. The smallest absolute Gasteiger partial charge is 0.250 e. The molecule has 0 saturated heterocycles. The predicted molar refractivity (Wildman–Crippen MR) is 76.3 cm³/mol. The molecule has 1 aromatic heterocycles. The molecule has 3 nitrogen and oxygen atoms in total. The molecule has 1 N–H and O–H groups in total. The van der Waals surface area contributed by atoms with Gasteiger partial charge in [0, 0.05) is 11.8 Å². The highest BCUT2D eigenvalue weighted by atomic mass is 16.3. The molecule has 3 heteroatoms. The Kier molecular flexibility index (Phi) is 3.86. The number of aliphatic hydroxyl groups excluding tert-OH is 1. The van der Waals surface area contributed by atoms with Crippen molar-refractivity contribution >= 4 is 0 Å². The van der Waals surface area contributed by atoms with Gasteiger partial charge in [-0.2, -0.15) is 0 Å². The zero-order valence-electron chi connectivity index (χ0n) is 11.6. The fourth-order valence-electron chi connectivity index (χ4n) is 2.25. The van der Waals surface area contributed by atoms with Crippen LogP contribution in [0.1, 0.15) is 28.5 Å². The lowest BCUT2D eigenvalue weighted by molar-refractivity contribution is 0.153. The van der Waals surface area contributed by atoms with Gasteiger partial charge in [0.15, 0.2) is 0 Å². The van der Waals surface area contributed by atoms with Gasteiger partial charge >= 0.3 is 0 Å². The molecule has 0 aliphatic rings. The van der Waals surface area contributed by atoms with E-state index in [4.69, 9.17) is 0 Å². The van der Waals surface area contributed by atoms with Gasteiger partial charge in [0.05, 0.1) is 12.6 Å². The topological polar surface area (TPSA) is 42.2 Å². The van der Waals surface area contributed by atoms with E-state index in [2.05, 4.69) is 0 Å². The highest BCUT2D eigenvalue weighted by Crippen LogP contribution is 2.20. The maximum Gasteiger partial charge on any atom is 0.250 e. The number of pyridine rings is 1. The van der Waals surface area contributed by atoms with E-state index in [-0.39, 0.29) is 12.1 Å². The van der Waals surface area contributed by atoms with E-state index in [9.17, 15) is 9.90 Å². The Morgan fingerprint density at radius 2 is 1.89 bits per heavy atom. The van der Waals surface area contributed by atoms with Crippen molar-refractivity contribution in [3.63, 3.8) is 0 Å². The van der Waals surface area contributed by atoms with Gasteiger partial charge < -0.3 is 9.67 Å². The highest BCUT2D eigenvalue weighted by molar-refractivity contribution is 5.32. The summed E-state index contributed by atoms with van der Waals surface area (Å²) in [6, 6.07) is 11.1. The van der Waals surface area contributed by atoms with Crippen molar-refractivity contribution < 1.29 is 5.11 Å². The Morgan fingerprint density at radius 3 is 2.58 bits per heavy atom. The number of nitrogens with zero attached hydrogens (tertiary/aromatic N) is 1. The van der Waals surface area contributed by atoms with E-state index >= 15 is 0 Å². The standard InChI is InChI=1S/C16H19NO2/c1-11-7-8-12(2)14(9-11)15(18)10-17-13(3)5-4-6-16(17)19/h4-9,15,18H,10H2,1-3H3. The van der Waals surface area contributed by atoms with Crippen molar-refractivity contribution in [1.82, 2.24) is 4.57 Å². The number of hydrogen-bond acceptors (Lipinski definition) is 2. The highest BCUT2D eigenvalue weighted by Gasteiger charge is 2.13. The summed E-state index contributed by atoms with van der Waals surface area (Å²) in [5.41, 5.74) is 3.81. The maximum atomic E-state index is 11.8. The Bertz CT molecular complexity index is 643. The van der Waals surface area contributed by atoms with E-state index in [0.717, 1.165) is 22.4 Å². The van der Waals surface area contributed by atoms with Gasteiger partial charge in [-0.15, -0.1) is 0 Å². The first-order chi connectivity index (χ1) is 8.99. The molecule has 1 atom stereocenters. The lowest BCUT2D eigenvalue weighted by atomic mass is 10.0. The molecule has 0 bridgehead atoms. The Labute approximate surface area is 113 Å². The molecule has 2 aromatic rings. The van der Waals surface area contributed by atoms with Gasteiger partial charge in [0.25, 0.3) is 5.56 Å². The van der Waals surface area contributed by atoms with Crippen LogP contribution >= 0.6 is 0 Å². The van der Waals surface area contributed by atoms with Crippen LogP contribution < -0.4 is 5.56 Å². The third-order valence-electron chi connectivity index (χ3n) is 3.42. The van der Waals surface area contributed by atoms with E-state index < -0.39 is 6.10 Å². The maximum absolute atomic E-state index is 11.8. The molecule has 100 valence electrons. The summed E-state index contributed by atoms with van der Waals surface area (Å²) < 4.78 is 1.60. The van der Waals surface area contributed by atoms with Crippen molar-refractivity contribution in [2.45, 2.75) is 33.4 Å². The summed E-state index contributed by atoms with van der Waals surface area (Å²) in [5.74, 6) is 0. The molecular formula is C16H19NO2. The molecular weight excluding hydrogens is 238 g/mol. The summed E-state index contributed by atoms with van der Waals surface area (Å²) in [6.45, 7) is 6.13. The fourth-order valence-corrected chi connectivity index (χ4v) is 2.25. The lowest BCUT2D eigenvalue weighted by Gasteiger charge is -2.17. The summed E-state index contributed by atoms with van der Waals surface area (Å²) >= 11 is 0. The molecule has 0 fully saturated rings. The molecule has 0 radical (unpaired) electrons. The zero-order valence-corrected chi connectivity index (χ0v) is 11.6. The first kappa shape index (κ1) is 13.6. The normalized spacial score (nSPS) is 12.4. The van der Waals surface area contributed by atoms with Crippen LogP contribution in [0, 0.1) is 20.8 Å². The van der Waals surface area contributed by atoms with Crippen LogP contribution in [0.5, 0.6) is 0 Å². The Balaban J connectivity index is 2.33. The lowest BCUT2D eigenvalue weighted by Crippen LogP contribution is -2.24. The minimum Gasteiger partial charge on any atom is -0.387 e. The second-order valence-electron chi connectivity index (χ2n) is 4.99. The first-order valence-electron chi connectivity index (χ1n) is 6.40. The van der Waals surface area contributed by atoms with E-state index in [0.29, 0.717) is 0 Å². The monoisotopic (exact) mass is 257 g/mol. The number of hydrogen-bond donors (Lipinski definition) is 1. The van der Waals surface area contributed by atoms with Crippen molar-refractivity contribution in [3.8, 4) is 0 Å². The Hall–Kier alpha value is -1.87. The van der Waals surface area contributed by atoms with Crippen LogP contribution in [0.25, 0.3) is 0 Å². The second-order valence-corrected chi connectivity index (χ2v) is 4.99. The molecule has 0 aliphatic carbocycles. The van der Waals surface area contributed by atoms with E-state index in [1.807, 2.05) is 45.0 Å². The SMILES string of the molecule is Cc1ccc(C)c(C(O)Cn2c(C)cccc2=O)c1. The molecule has 1 unspecified atom stereocenters. The van der Waals surface area contributed by atoms with Gasteiger partial charge in [-0.3, -0.25) is 4.79 Å². The van der Waals surface area contributed by atoms with Crippen LogP contribution in [0.2, 0.25) is 0 Å². The zero-order chi connectivity index (χ0) is 14.0. The number of aliphatic hydroxyl groups is 1. The van der Waals surface area contributed by atoms with Gasteiger partial charge in [0.2, 0.25) is 0 Å². The van der Waals surface area contributed by atoms with Crippen LogP contribution in [0.15, 0.2) is 41.2 Å². The molecule has 2 rings (SSSR count). The molecule has 0 spiro atoms. The average Bonchev–Trinajstić information content (AvgIpc) is 2.37. The van der Waals surface area contributed by atoms with Crippen LogP contribution in [0.4, 0.5) is 0 Å². The van der Waals surface area contributed by atoms with Crippen LogP contribution in [-0.2, 0) is 6.54 Å². The van der Waals surface area contributed by atoms with Crippen LogP contribution in [-0.4, -0.2) is 9.67 Å². The molecule has 0 aliphatic heterocycles. The summed E-state index contributed by atoms with van der Waals surface area (Å²) in [5, 5.41) is 10.4. The van der Waals surface area contributed by atoms with Crippen molar-refractivity contribution in [2.24, 2.45) is 0 Å². The van der Waals surface area contributed by atoms with Gasteiger partial charge in [-0.05, 0) is 38.0 Å². The van der Waals surface area contributed by atoms with Crippen LogP contribution in [0.3, 0.4) is 0 Å². The van der Waals surface area contributed by atoms with Gasteiger partial charge in [-0.25, -0.2) is 0 Å². The first-order valence-corrected chi connectivity index (χ1v) is 6.40. The number of benzene rings is 1. The molecule has 1 aromatic carbocycles. The number of aromatic nitrogens is 1. The van der Waals surface area contributed by atoms with Gasteiger partial charge in [-0.1, -0.05) is 29.8 Å². The molecule has 1 heterocycles. The number of aryl methyl sites for hydroxylation is 3. The van der Waals surface area contributed by atoms with Crippen molar-refractivity contribution in [3.05, 3.63) is 69.1 Å². The Morgan fingerprint density at radius 1 is 1.16 bits per heavy atom. The largest absolute Gasteiger partial charge is 0.387 e.